The Morgan fingerprint density at radius 2 is 2.17 bits per heavy atom. The summed E-state index contributed by atoms with van der Waals surface area (Å²) in [4.78, 5) is 24.3. The summed E-state index contributed by atoms with van der Waals surface area (Å²) >= 11 is 6.09. The lowest BCUT2D eigenvalue weighted by Crippen LogP contribution is -2.17. The number of fused-ring (bicyclic) bond motifs is 1. The normalized spacial score (nSPS) is 15.6. The molecule has 2 aliphatic rings. The molecule has 1 amide bonds. The van der Waals surface area contributed by atoms with Crippen molar-refractivity contribution in [2.45, 2.75) is 25.4 Å². The molecule has 8 heteroatoms. The van der Waals surface area contributed by atoms with E-state index < -0.39 is 5.91 Å². The van der Waals surface area contributed by atoms with Crippen LogP contribution in [0.15, 0.2) is 29.4 Å². The molecule has 0 radical (unpaired) electrons. The van der Waals surface area contributed by atoms with Crippen molar-refractivity contribution in [2.75, 3.05) is 10.6 Å². The van der Waals surface area contributed by atoms with Crippen LogP contribution in [0.25, 0.3) is 0 Å². The Morgan fingerprint density at radius 3 is 2.92 bits per heavy atom. The number of hydrogen-bond acceptors (Lipinski definition) is 6. The lowest BCUT2D eigenvalue weighted by atomic mass is 10.1. The molecule has 0 spiro atoms. The molecular formula is C16H15ClN6O. The maximum atomic E-state index is 11.5. The molecule has 7 nitrogen and oxygen atoms in total. The smallest absolute Gasteiger partial charge is 0.254 e. The van der Waals surface area contributed by atoms with Crippen molar-refractivity contribution in [1.29, 1.82) is 0 Å². The highest BCUT2D eigenvalue weighted by Crippen LogP contribution is 2.28. The van der Waals surface area contributed by atoms with Gasteiger partial charge in [-0.25, -0.2) is 4.98 Å². The van der Waals surface area contributed by atoms with Crippen LogP contribution in [0.1, 0.15) is 34.3 Å². The molecular weight excluding hydrogens is 328 g/mol. The van der Waals surface area contributed by atoms with Crippen molar-refractivity contribution >= 4 is 40.1 Å². The summed E-state index contributed by atoms with van der Waals surface area (Å²) in [6.45, 7) is 0.605. The van der Waals surface area contributed by atoms with Crippen molar-refractivity contribution in [3.63, 3.8) is 0 Å². The number of nitrogens with one attached hydrogen (secondary N) is 2. The second-order valence-electron chi connectivity index (χ2n) is 5.84. The quantitative estimate of drug-likeness (QED) is 0.773. The standard InChI is InChI=1S/C16H15ClN6O/c17-13-11-5-10(2-1-8(11)6-19-13)22-16-20-7-12(14(18)24)15(23-16)21-9-3-4-9/h1-2,5,7,9H,3-4,6H2,(H2,18,24)(H2,20,21,22,23). The van der Waals surface area contributed by atoms with E-state index in [4.69, 9.17) is 17.3 Å². The van der Waals surface area contributed by atoms with Crippen LogP contribution in [0.5, 0.6) is 0 Å². The van der Waals surface area contributed by atoms with Crippen LogP contribution in [0, 0.1) is 0 Å². The molecule has 0 unspecified atom stereocenters. The number of amides is 1. The Bertz CT molecular complexity index is 862. The van der Waals surface area contributed by atoms with Gasteiger partial charge in [0.15, 0.2) is 0 Å². The van der Waals surface area contributed by atoms with Crippen molar-refractivity contribution in [2.24, 2.45) is 10.7 Å². The minimum Gasteiger partial charge on any atom is -0.367 e. The van der Waals surface area contributed by atoms with Crippen molar-refractivity contribution in [3.05, 3.63) is 41.1 Å². The van der Waals surface area contributed by atoms with E-state index in [9.17, 15) is 4.79 Å². The van der Waals surface area contributed by atoms with Gasteiger partial charge in [0.2, 0.25) is 5.95 Å². The summed E-state index contributed by atoms with van der Waals surface area (Å²) in [6, 6.07) is 6.15. The van der Waals surface area contributed by atoms with Gasteiger partial charge in [0.25, 0.3) is 5.91 Å². The summed E-state index contributed by atoms with van der Waals surface area (Å²) in [7, 11) is 0. The van der Waals surface area contributed by atoms with E-state index in [1.165, 1.54) is 6.20 Å². The van der Waals surface area contributed by atoms with Gasteiger partial charge < -0.3 is 16.4 Å². The molecule has 4 N–H and O–H groups in total. The zero-order valence-electron chi connectivity index (χ0n) is 12.7. The molecule has 4 rings (SSSR count). The Hall–Kier alpha value is -2.67. The molecule has 1 aliphatic heterocycles. The molecule has 1 aliphatic carbocycles. The summed E-state index contributed by atoms with van der Waals surface area (Å²) in [6.07, 6.45) is 3.56. The Labute approximate surface area is 143 Å². The van der Waals surface area contributed by atoms with Crippen molar-refractivity contribution < 1.29 is 4.79 Å². The Morgan fingerprint density at radius 1 is 1.33 bits per heavy atom. The van der Waals surface area contributed by atoms with Crippen molar-refractivity contribution in [1.82, 2.24) is 9.97 Å². The molecule has 0 atom stereocenters. The molecule has 1 aromatic heterocycles. The number of hydrogen-bond donors (Lipinski definition) is 3. The first-order valence-corrected chi connectivity index (χ1v) is 8.01. The van der Waals surface area contributed by atoms with E-state index in [0.717, 1.165) is 29.7 Å². The number of aromatic nitrogens is 2. The number of halogens is 1. The number of primary amides is 1. The number of rotatable bonds is 5. The molecule has 122 valence electrons. The fourth-order valence-corrected chi connectivity index (χ4v) is 2.74. The van der Waals surface area contributed by atoms with E-state index >= 15 is 0 Å². The van der Waals surface area contributed by atoms with E-state index in [0.29, 0.717) is 29.5 Å². The molecule has 1 saturated carbocycles. The number of carbonyl (C=O) groups is 1. The van der Waals surface area contributed by atoms with E-state index in [1.807, 2.05) is 18.2 Å². The minimum atomic E-state index is -0.551. The summed E-state index contributed by atoms with van der Waals surface area (Å²) in [5.74, 6) is 0.294. The van der Waals surface area contributed by atoms with Crippen molar-refractivity contribution in [3.8, 4) is 0 Å². The number of benzene rings is 1. The second kappa shape index (κ2) is 5.76. The SMILES string of the molecule is NC(=O)c1cnc(Nc2ccc3c(c2)C(Cl)=NC3)nc1NC1CC1. The van der Waals surface area contributed by atoms with Gasteiger partial charge in [-0.05, 0) is 30.5 Å². The van der Waals surface area contributed by atoms with Gasteiger partial charge in [-0.1, -0.05) is 17.7 Å². The topological polar surface area (TPSA) is 105 Å². The van der Waals surface area contributed by atoms with Gasteiger partial charge in [0.05, 0.1) is 12.1 Å². The predicted molar refractivity (Wildman–Crippen MR) is 93.0 cm³/mol. The molecule has 1 fully saturated rings. The lowest BCUT2D eigenvalue weighted by molar-refractivity contribution is 0.100. The number of nitrogens with two attached hydrogens (primary N) is 1. The zero-order valence-corrected chi connectivity index (χ0v) is 13.5. The highest BCUT2D eigenvalue weighted by molar-refractivity contribution is 6.70. The third kappa shape index (κ3) is 2.90. The second-order valence-corrected chi connectivity index (χ2v) is 6.20. The maximum Gasteiger partial charge on any atom is 0.254 e. The fraction of sp³-hybridized carbons (Fsp3) is 0.250. The van der Waals surface area contributed by atoms with E-state index in [2.05, 4.69) is 25.6 Å². The van der Waals surface area contributed by atoms with Gasteiger partial charge in [0, 0.05) is 23.5 Å². The third-order valence-electron chi connectivity index (χ3n) is 3.95. The first-order valence-electron chi connectivity index (χ1n) is 7.64. The average Bonchev–Trinajstić information content (AvgIpc) is 3.30. The van der Waals surface area contributed by atoms with Crippen LogP contribution in [-0.4, -0.2) is 27.1 Å². The van der Waals surface area contributed by atoms with Gasteiger partial charge in [0.1, 0.15) is 11.0 Å². The number of carbonyl (C=O) groups excluding carboxylic acids is 1. The lowest BCUT2D eigenvalue weighted by Gasteiger charge is -2.11. The van der Waals surface area contributed by atoms with Gasteiger partial charge in [-0.3, -0.25) is 9.79 Å². The van der Waals surface area contributed by atoms with Crippen LogP contribution >= 0.6 is 11.6 Å². The number of nitrogens with zero attached hydrogens (tertiary/aromatic N) is 3. The first-order chi connectivity index (χ1) is 11.6. The van der Waals surface area contributed by atoms with Crippen LogP contribution < -0.4 is 16.4 Å². The number of anilines is 3. The number of aliphatic imine (C=N–C) groups is 1. The van der Waals surface area contributed by atoms with Gasteiger partial charge in [-0.2, -0.15) is 4.98 Å². The molecule has 24 heavy (non-hydrogen) atoms. The van der Waals surface area contributed by atoms with E-state index in [1.54, 1.807) is 0 Å². The first kappa shape index (κ1) is 14.9. The summed E-state index contributed by atoms with van der Waals surface area (Å²) in [5.41, 5.74) is 8.47. The highest BCUT2D eigenvalue weighted by Gasteiger charge is 2.24. The zero-order chi connectivity index (χ0) is 16.7. The van der Waals surface area contributed by atoms with Crippen LogP contribution in [-0.2, 0) is 6.54 Å². The highest BCUT2D eigenvalue weighted by atomic mass is 35.5. The summed E-state index contributed by atoms with van der Waals surface area (Å²) in [5, 5.41) is 6.84. The third-order valence-corrected chi connectivity index (χ3v) is 4.27. The maximum absolute atomic E-state index is 11.5. The van der Waals surface area contributed by atoms with Crippen LogP contribution in [0.2, 0.25) is 0 Å². The largest absolute Gasteiger partial charge is 0.367 e. The van der Waals surface area contributed by atoms with E-state index in [-0.39, 0.29) is 5.56 Å². The predicted octanol–water partition coefficient (Wildman–Crippen LogP) is 2.39. The molecule has 1 aromatic carbocycles. The Kier molecular flexibility index (Phi) is 3.57. The van der Waals surface area contributed by atoms with Gasteiger partial charge in [-0.15, -0.1) is 0 Å². The Balaban J connectivity index is 1.61. The molecule has 2 aromatic rings. The molecule has 2 heterocycles. The molecule has 0 bridgehead atoms. The minimum absolute atomic E-state index is 0.289. The fourth-order valence-electron chi connectivity index (χ4n) is 2.51. The average molecular weight is 343 g/mol. The molecule has 0 saturated heterocycles. The van der Waals surface area contributed by atoms with Crippen LogP contribution in [0.3, 0.4) is 0 Å². The van der Waals surface area contributed by atoms with Crippen LogP contribution in [0.4, 0.5) is 17.5 Å². The van der Waals surface area contributed by atoms with Gasteiger partial charge >= 0.3 is 0 Å². The summed E-state index contributed by atoms with van der Waals surface area (Å²) < 4.78 is 0. The monoisotopic (exact) mass is 342 g/mol.